The quantitative estimate of drug-likeness (QED) is 0.609. The van der Waals surface area contributed by atoms with Crippen LogP contribution in [0.4, 0.5) is 0 Å². The summed E-state index contributed by atoms with van der Waals surface area (Å²) in [5, 5.41) is 18.0. The lowest BCUT2D eigenvalue weighted by Crippen LogP contribution is -2.14. The van der Waals surface area contributed by atoms with Gasteiger partial charge in [-0.05, 0) is 5.41 Å². The largest absolute Gasteiger partial charge is 0.469 e. The van der Waals surface area contributed by atoms with Gasteiger partial charge in [0, 0.05) is 5.92 Å². The Morgan fingerprint density at radius 2 is 1.80 bits per heavy atom. The topological polar surface area (TPSA) is 73.9 Å². The Balaban J connectivity index is 3.07. The average Bonchev–Trinajstić information content (AvgIpc) is 2.86. The van der Waals surface area contributed by atoms with Crippen LogP contribution in [0.15, 0.2) is 0 Å². The van der Waals surface area contributed by atoms with Gasteiger partial charge in [0.1, 0.15) is 0 Å². The van der Waals surface area contributed by atoms with Crippen molar-refractivity contribution in [1.29, 1.82) is 10.5 Å². The van der Waals surface area contributed by atoms with Gasteiger partial charge in [0.25, 0.3) is 0 Å². The highest BCUT2D eigenvalue weighted by Crippen LogP contribution is 2.65. The summed E-state index contributed by atoms with van der Waals surface area (Å²) in [6.45, 7) is 5.76. The normalized spacial score (nSPS) is 27.3. The number of nitriles is 2. The summed E-state index contributed by atoms with van der Waals surface area (Å²) in [7, 11) is 1.28. The first-order valence-corrected chi connectivity index (χ1v) is 4.75. The third-order valence-corrected chi connectivity index (χ3v) is 2.96. The van der Waals surface area contributed by atoms with E-state index >= 15 is 0 Å². The van der Waals surface area contributed by atoms with Crippen LogP contribution >= 0.6 is 0 Å². The van der Waals surface area contributed by atoms with Crippen LogP contribution in [0, 0.1) is 45.3 Å². The molecule has 80 valence electrons. The zero-order valence-electron chi connectivity index (χ0n) is 9.37. The van der Waals surface area contributed by atoms with E-state index < -0.39 is 17.3 Å². The Bertz CT molecular complexity index is 354. The van der Waals surface area contributed by atoms with E-state index in [0.29, 0.717) is 0 Å². The van der Waals surface area contributed by atoms with Crippen LogP contribution in [-0.4, -0.2) is 13.1 Å². The van der Waals surface area contributed by atoms with Gasteiger partial charge in [-0.15, -0.1) is 0 Å². The molecule has 1 fully saturated rings. The first kappa shape index (κ1) is 11.5. The van der Waals surface area contributed by atoms with Crippen molar-refractivity contribution in [2.75, 3.05) is 7.11 Å². The van der Waals surface area contributed by atoms with E-state index in [2.05, 4.69) is 4.74 Å². The summed E-state index contributed by atoms with van der Waals surface area (Å²) >= 11 is 0. The third kappa shape index (κ3) is 1.47. The van der Waals surface area contributed by atoms with E-state index in [0.717, 1.165) is 0 Å². The molecule has 0 heterocycles. The van der Waals surface area contributed by atoms with Crippen molar-refractivity contribution in [1.82, 2.24) is 0 Å². The van der Waals surface area contributed by atoms with Gasteiger partial charge in [0.15, 0.2) is 5.41 Å². The molecule has 4 nitrogen and oxygen atoms in total. The molecule has 0 saturated heterocycles. The number of ether oxygens (including phenoxy) is 1. The van der Waals surface area contributed by atoms with Gasteiger partial charge in [-0.3, -0.25) is 4.79 Å². The van der Waals surface area contributed by atoms with Crippen LogP contribution in [0.2, 0.25) is 0 Å². The number of carbonyl (C=O) groups is 1. The Labute approximate surface area is 89.4 Å². The monoisotopic (exact) mass is 206 g/mol. The van der Waals surface area contributed by atoms with Gasteiger partial charge >= 0.3 is 5.97 Å². The molecule has 1 aliphatic rings. The van der Waals surface area contributed by atoms with Crippen LogP contribution in [0.25, 0.3) is 0 Å². The van der Waals surface area contributed by atoms with Gasteiger partial charge < -0.3 is 4.74 Å². The molecule has 1 saturated carbocycles. The van der Waals surface area contributed by atoms with Crippen LogP contribution in [0.3, 0.4) is 0 Å². The predicted octanol–water partition coefficient (Wildman–Crippen LogP) is 1.49. The van der Waals surface area contributed by atoms with Crippen LogP contribution < -0.4 is 0 Å². The summed E-state index contributed by atoms with van der Waals surface area (Å²) in [4.78, 5) is 11.4. The molecule has 15 heavy (non-hydrogen) atoms. The SMILES string of the molecule is COC(=O)[C@@H]1[C@@H](C(C)(C)C)C1(C#N)C#N. The van der Waals surface area contributed by atoms with Gasteiger partial charge in [-0.2, -0.15) is 10.5 Å². The van der Waals surface area contributed by atoms with Crippen molar-refractivity contribution < 1.29 is 9.53 Å². The van der Waals surface area contributed by atoms with Gasteiger partial charge in [0.2, 0.25) is 0 Å². The molecule has 0 aliphatic heterocycles. The predicted molar refractivity (Wildman–Crippen MR) is 52.1 cm³/mol. The zero-order chi connectivity index (χ0) is 11.9. The van der Waals surface area contributed by atoms with Gasteiger partial charge in [-0.1, -0.05) is 20.8 Å². The first-order valence-electron chi connectivity index (χ1n) is 4.75. The highest BCUT2D eigenvalue weighted by Gasteiger charge is 2.74. The Kier molecular flexibility index (Phi) is 2.49. The molecule has 1 aliphatic carbocycles. The molecule has 2 atom stereocenters. The Hall–Kier alpha value is -1.55. The molecule has 0 amide bonds. The second-order valence-corrected chi connectivity index (χ2v) is 4.94. The average molecular weight is 206 g/mol. The summed E-state index contributed by atoms with van der Waals surface area (Å²) < 4.78 is 4.62. The molecular formula is C11H14N2O2. The van der Waals surface area contributed by atoms with Gasteiger partial charge in [0.05, 0.1) is 25.2 Å². The van der Waals surface area contributed by atoms with Crippen molar-refractivity contribution in [2.45, 2.75) is 20.8 Å². The Morgan fingerprint density at radius 3 is 2.00 bits per heavy atom. The molecule has 0 aromatic heterocycles. The fourth-order valence-corrected chi connectivity index (χ4v) is 2.32. The third-order valence-electron chi connectivity index (χ3n) is 2.96. The van der Waals surface area contributed by atoms with Crippen molar-refractivity contribution in [3.05, 3.63) is 0 Å². The molecule has 0 spiro atoms. The maximum atomic E-state index is 11.4. The maximum absolute atomic E-state index is 11.4. The zero-order valence-corrected chi connectivity index (χ0v) is 9.37. The molecule has 0 unspecified atom stereocenters. The number of rotatable bonds is 1. The van der Waals surface area contributed by atoms with Crippen LogP contribution in [0.5, 0.6) is 0 Å². The van der Waals surface area contributed by atoms with E-state index in [1.54, 1.807) is 0 Å². The summed E-state index contributed by atoms with van der Waals surface area (Å²) in [5.41, 5.74) is -1.43. The van der Waals surface area contributed by atoms with Crippen molar-refractivity contribution in [3.8, 4) is 12.1 Å². The van der Waals surface area contributed by atoms with Crippen molar-refractivity contribution in [2.24, 2.45) is 22.7 Å². The smallest absolute Gasteiger partial charge is 0.311 e. The second kappa shape index (κ2) is 3.24. The van der Waals surface area contributed by atoms with Crippen LogP contribution in [-0.2, 0) is 9.53 Å². The standard InChI is InChI=1S/C11H14N2O2/c1-10(2,3)8-7(9(14)15-4)11(8,5-12)6-13/h7-8H,1-4H3/t7-,8-/m0/s1. The van der Waals surface area contributed by atoms with Crippen molar-refractivity contribution >= 4 is 5.97 Å². The lowest BCUT2D eigenvalue weighted by atomic mass is 9.85. The fraction of sp³-hybridized carbons (Fsp3) is 0.727. The molecule has 4 heteroatoms. The Morgan fingerprint density at radius 1 is 1.33 bits per heavy atom. The lowest BCUT2D eigenvalue weighted by Gasteiger charge is -2.17. The minimum absolute atomic E-state index is 0.243. The van der Waals surface area contributed by atoms with Crippen LogP contribution in [0.1, 0.15) is 20.8 Å². The molecule has 0 aromatic carbocycles. The minimum atomic E-state index is -1.19. The number of hydrogen-bond acceptors (Lipinski definition) is 4. The minimum Gasteiger partial charge on any atom is -0.469 e. The second-order valence-electron chi connectivity index (χ2n) is 4.94. The summed E-state index contributed by atoms with van der Waals surface area (Å²) in [6, 6.07) is 3.92. The highest BCUT2D eigenvalue weighted by molar-refractivity contribution is 5.80. The van der Waals surface area contributed by atoms with E-state index in [1.807, 2.05) is 32.9 Å². The number of nitrogens with zero attached hydrogens (tertiary/aromatic N) is 2. The first-order chi connectivity index (χ1) is 6.85. The van der Waals surface area contributed by atoms with Gasteiger partial charge in [-0.25, -0.2) is 0 Å². The van der Waals surface area contributed by atoms with E-state index in [4.69, 9.17) is 10.5 Å². The molecular weight excluding hydrogens is 192 g/mol. The van der Waals surface area contributed by atoms with E-state index in [9.17, 15) is 4.79 Å². The number of carbonyl (C=O) groups excluding carboxylic acids is 1. The summed E-state index contributed by atoms with van der Waals surface area (Å²) in [5.74, 6) is -1.30. The van der Waals surface area contributed by atoms with E-state index in [1.165, 1.54) is 7.11 Å². The number of hydrogen-bond donors (Lipinski definition) is 0. The number of methoxy groups -OCH3 is 1. The highest BCUT2D eigenvalue weighted by atomic mass is 16.5. The lowest BCUT2D eigenvalue weighted by molar-refractivity contribution is -0.143. The molecule has 0 bridgehead atoms. The van der Waals surface area contributed by atoms with Crippen molar-refractivity contribution in [3.63, 3.8) is 0 Å². The molecule has 0 radical (unpaired) electrons. The van der Waals surface area contributed by atoms with E-state index in [-0.39, 0.29) is 11.3 Å². The molecule has 0 aromatic rings. The molecule has 0 N–H and O–H groups in total. The maximum Gasteiger partial charge on any atom is 0.311 e. The number of esters is 1. The molecule has 1 rings (SSSR count). The summed E-state index contributed by atoms with van der Waals surface area (Å²) in [6.07, 6.45) is 0. The fourth-order valence-electron chi connectivity index (χ4n) is 2.32.